The van der Waals surface area contributed by atoms with Gasteiger partial charge in [-0.1, -0.05) is 6.07 Å². The number of aromatic nitrogens is 3. The van der Waals surface area contributed by atoms with Crippen LogP contribution in [0, 0.1) is 0 Å². The third kappa shape index (κ3) is 4.30. The largest absolute Gasteiger partial charge is 0.369 e. The van der Waals surface area contributed by atoms with E-state index < -0.39 is 0 Å². The number of nitrogens with one attached hydrogen (secondary N) is 1. The van der Waals surface area contributed by atoms with E-state index in [0.717, 1.165) is 47.6 Å². The van der Waals surface area contributed by atoms with Crippen molar-refractivity contribution in [3.05, 3.63) is 75.6 Å². The van der Waals surface area contributed by atoms with Crippen molar-refractivity contribution in [3.63, 3.8) is 0 Å². The number of fused-ring (bicyclic) bond motifs is 1. The van der Waals surface area contributed by atoms with Gasteiger partial charge in [0.2, 0.25) is 0 Å². The van der Waals surface area contributed by atoms with Crippen molar-refractivity contribution in [1.29, 1.82) is 0 Å². The maximum absolute atomic E-state index is 12.4. The van der Waals surface area contributed by atoms with Crippen LogP contribution in [-0.4, -0.2) is 52.7 Å². The lowest BCUT2D eigenvalue weighted by Crippen LogP contribution is -2.44. The quantitative estimate of drug-likeness (QED) is 0.521. The molecule has 3 aromatic heterocycles. The van der Waals surface area contributed by atoms with Crippen molar-refractivity contribution < 1.29 is 0 Å². The Bertz CT molecular complexity index is 1230. The molecule has 1 N–H and O–H groups in total. The van der Waals surface area contributed by atoms with Gasteiger partial charge in [0.15, 0.2) is 0 Å². The summed E-state index contributed by atoms with van der Waals surface area (Å²) in [7, 11) is 2.16. The number of piperazine rings is 1. The molecule has 4 heterocycles. The molecule has 31 heavy (non-hydrogen) atoms. The molecule has 1 aliphatic rings. The molecule has 0 unspecified atom stereocenters. The van der Waals surface area contributed by atoms with Crippen LogP contribution in [0.25, 0.3) is 10.9 Å². The molecule has 4 aromatic rings. The molecule has 0 atom stereocenters. The zero-order valence-electron chi connectivity index (χ0n) is 17.4. The fraction of sp³-hybridized carbons (Fsp3) is 0.261. The van der Waals surface area contributed by atoms with E-state index in [9.17, 15) is 4.79 Å². The van der Waals surface area contributed by atoms with E-state index in [1.807, 2.05) is 23.6 Å². The van der Waals surface area contributed by atoms with Gasteiger partial charge in [-0.25, -0.2) is 14.8 Å². The van der Waals surface area contributed by atoms with Crippen LogP contribution in [-0.2, 0) is 6.54 Å². The van der Waals surface area contributed by atoms with Gasteiger partial charge in [-0.15, -0.1) is 11.3 Å². The van der Waals surface area contributed by atoms with E-state index in [-0.39, 0.29) is 5.69 Å². The molecule has 1 aromatic carbocycles. The molecule has 1 saturated heterocycles. The Labute approximate surface area is 184 Å². The molecule has 0 aliphatic carbocycles. The molecule has 5 rings (SSSR count). The van der Waals surface area contributed by atoms with E-state index in [0.29, 0.717) is 12.4 Å². The predicted octanol–water partition coefficient (Wildman–Crippen LogP) is 3.40. The highest BCUT2D eigenvalue weighted by molar-refractivity contribution is 7.09. The normalized spacial score (nSPS) is 14.8. The van der Waals surface area contributed by atoms with E-state index in [1.54, 1.807) is 28.3 Å². The van der Waals surface area contributed by atoms with Gasteiger partial charge in [0.25, 0.3) is 0 Å². The minimum Gasteiger partial charge on any atom is -0.369 e. The fourth-order valence-corrected chi connectivity index (χ4v) is 4.53. The van der Waals surface area contributed by atoms with Crippen LogP contribution >= 0.6 is 11.3 Å². The zero-order chi connectivity index (χ0) is 21.2. The minimum absolute atomic E-state index is 0.255. The monoisotopic (exact) mass is 432 g/mol. The topological polar surface area (TPSA) is 66.3 Å². The van der Waals surface area contributed by atoms with Crippen molar-refractivity contribution in [1.82, 2.24) is 19.4 Å². The summed E-state index contributed by atoms with van der Waals surface area (Å²) < 4.78 is 1.70. The molecule has 7 nitrogen and oxygen atoms in total. The first-order chi connectivity index (χ1) is 15.2. The minimum atomic E-state index is -0.255. The van der Waals surface area contributed by atoms with Crippen LogP contribution in [0.5, 0.6) is 0 Å². The lowest BCUT2D eigenvalue weighted by Gasteiger charge is -2.34. The summed E-state index contributed by atoms with van der Waals surface area (Å²) in [6.07, 6.45) is 3.35. The van der Waals surface area contributed by atoms with Crippen molar-refractivity contribution in [2.75, 3.05) is 43.4 Å². The second-order valence-corrected chi connectivity index (χ2v) is 8.83. The summed E-state index contributed by atoms with van der Waals surface area (Å²) in [6, 6.07) is 14.4. The van der Waals surface area contributed by atoms with E-state index in [1.165, 1.54) is 5.69 Å². The molecule has 0 spiro atoms. The lowest BCUT2D eigenvalue weighted by molar-refractivity contribution is 0.313. The fourth-order valence-electron chi connectivity index (χ4n) is 3.83. The van der Waals surface area contributed by atoms with E-state index in [2.05, 4.69) is 56.4 Å². The SMILES string of the molecule is CN1CCN(c2ccc(Nc3cc4c(cn3)cnc(=O)n4Cc3cccs3)cc2)CC1. The van der Waals surface area contributed by atoms with Gasteiger partial charge in [0.1, 0.15) is 5.82 Å². The van der Waals surface area contributed by atoms with Crippen LogP contribution in [0.2, 0.25) is 0 Å². The second kappa shape index (κ2) is 8.49. The van der Waals surface area contributed by atoms with Gasteiger partial charge in [-0.2, -0.15) is 0 Å². The molecule has 1 aliphatic heterocycles. The Kier molecular flexibility index (Phi) is 5.40. The smallest absolute Gasteiger partial charge is 0.348 e. The Hall–Kier alpha value is -3.23. The summed E-state index contributed by atoms with van der Waals surface area (Å²) in [5.41, 5.74) is 2.77. The van der Waals surface area contributed by atoms with Crippen LogP contribution < -0.4 is 15.9 Å². The molecule has 8 heteroatoms. The van der Waals surface area contributed by atoms with Gasteiger partial charge in [-0.3, -0.25) is 4.57 Å². The van der Waals surface area contributed by atoms with Crippen LogP contribution in [0.3, 0.4) is 0 Å². The number of anilines is 3. The summed E-state index contributed by atoms with van der Waals surface area (Å²) in [5, 5.41) is 6.22. The summed E-state index contributed by atoms with van der Waals surface area (Å²) in [4.78, 5) is 26.8. The van der Waals surface area contributed by atoms with Gasteiger partial charge in [0.05, 0.1) is 12.1 Å². The standard InChI is InChI=1S/C23H24N6OS/c1-27-8-10-28(11-9-27)19-6-4-18(5-7-19)26-22-13-21-17(14-24-22)15-25-23(30)29(21)16-20-3-2-12-31-20/h2-7,12-15H,8-11,16H2,1H3,(H,24,26). The number of pyridine rings is 1. The summed E-state index contributed by atoms with van der Waals surface area (Å²) in [5.74, 6) is 0.699. The number of rotatable bonds is 5. The molecule has 0 amide bonds. The van der Waals surface area contributed by atoms with Gasteiger partial charge in [-0.05, 0) is 42.8 Å². The first kappa shape index (κ1) is 19.7. The molecular formula is C23H24N6OS. The zero-order valence-corrected chi connectivity index (χ0v) is 18.2. The molecule has 0 bridgehead atoms. The number of nitrogens with zero attached hydrogens (tertiary/aromatic N) is 5. The van der Waals surface area contributed by atoms with Gasteiger partial charge in [0, 0.05) is 66.3 Å². The first-order valence-electron chi connectivity index (χ1n) is 10.3. The Morgan fingerprint density at radius 2 is 1.81 bits per heavy atom. The highest BCUT2D eigenvalue weighted by atomic mass is 32.1. The third-order valence-corrected chi connectivity index (χ3v) is 6.51. The molecule has 0 saturated carbocycles. The first-order valence-corrected chi connectivity index (χ1v) is 11.2. The number of benzene rings is 1. The Morgan fingerprint density at radius 1 is 1.03 bits per heavy atom. The molecular weight excluding hydrogens is 408 g/mol. The molecule has 0 radical (unpaired) electrons. The maximum Gasteiger partial charge on any atom is 0.348 e. The highest BCUT2D eigenvalue weighted by Gasteiger charge is 2.14. The van der Waals surface area contributed by atoms with Crippen molar-refractivity contribution in [2.24, 2.45) is 0 Å². The highest BCUT2D eigenvalue weighted by Crippen LogP contribution is 2.23. The summed E-state index contributed by atoms with van der Waals surface area (Å²) >= 11 is 1.63. The predicted molar refractivity (Wildman–Crippen MR) is 127 cm³/mol. The Balaban J connectivity index is 1.38. The Morgan fingerprint density at radius 3 is 2.55 bits per heavy atom. The van der Waals surface area contributed by atoms with Crippen molar-refractivity contribution >= 4 is 39.4 Å². The van der Waals surface area contributed by atoms with Crippen LogP contribution in [0.15, 0.2) is 65.0 Å². The van der Waals surface area contributed by atoms with Gasteiger partial charge < -0.3 is 15.1 Å². The average molecular weight is 433 g/mol. The lowest BCUT2D eigenvalue weighted by atomic mass is 10.2. The average Bonchev–Trinajstić information content (AvgIpc) is 3.30. The van der Waals surface area contributed by atoms with E-state index >= 15 is 0 Å². The second-order valence-electron chi connectivity index (χ2n) is 7.80. The molecule has 1 fully saturated rings. The van der Waals surface area contributed by atoms with Crippen molar-refractivity contribution in [3.8, 4) is 0 Å². The summed E-state index contributed by atoms with van der Waals surface area (Å²) in [6.45, 7) is 4.77. The third-order valence-electron chi connectivity index (χ3n) is 5.65. The van der Waals surface area contributed by atoms with Gasteiger partial charge >= 0.3 is 5.69 Å². The van der Waals surface area contributed by atoms with Crippen LogP contribution in [0.4, 0.5) is 17.2 Å². The number of likely N-dealkylation sites (N-methyl/N-ethyl adjacent to an activating group) is 1. The maximum atomic E-state index is 12.4. The number of hydrogen-bond acceptors (Lipinski definition) is 7. The number of hydrogen-bond donors (Lipinski definition) is 1. The van der Waals surface area contributed by atoms with Crippen LogP contribution in [0.1, 0.15) is 4.88 Å². The van der Waals surface area contributed by atoms with E-state index in [4.69, 9.17) is 0 Å². The van der Waals surface area contributed by atoms with Crippen molar-refractivity contribution in [2.45, 2.75) is 6.54 Å². The number of thiophene rings is 1. The molecule has 158 valence electrons.